The number of rotatable bonds is 6. The number of hydrogen-bond donors (Lipinski definition) is 0. The Labute approximate surface area is 194 Å². The molecule has 0 aliphatic carbocycles. The van der Waals surface area contributed by atoms with Gasteiger partial charge in [-0.15, -0.1) is 0 Å². The zero-order valence-corrected chi connectivity index (χ0v) is 20.6. The summed E-state index contributed by atoms with van der Waals surface area (Å²) in [5.74, 6) is 0.551. The zero-order valence-electron chi connectivity index (χ0n) is 19.1. The second-order valence-corrected chi connectivity index (χ2v) is 10.1. The molecule has 2 aromatic rings. The molecule has 0 saturated carbocycles. The Morgan fingerprint density at radius 2 is 1.62 bits per heavy atom. The van der Waals surface area contributed by atoms with Gasteiger partial charge in [0.15, 0.2) is 11.5 Å². The van der Waals surface area contributed by atoms with E-state index in [2.05, 4.69) is 0 Å². The van der Waals surface area contributed by atoms with Crippen molar-refractivity contribution in [2.45, 2.75) is 32.6 Å². The fourth-order valence-corrected chi connectivity index (χ4v) is 6.24. The standard InChI is InChI=1S/C23H29ClN2O5S/c1-6-31-21-19(24)13-18(14-20(21)30-5)23(27)25-7-9-26(10-8-25)32(28,29)22-16(3)11-15(2)12-17(22)4/h11-14H,6-10H2,1-5H3. The maximum absolute atomic E-state index is 13.3. The summed E-state index contributed by atoms with van der Waals surface area (Å²) >= 11 is 6.30. The second kappa shape index (κ2) is 9.68. The van der Waals surface area contributed by atoms with Gasteiger partial charge in [-0.05, 0) is 51.0 Å². The highest BCUT2D eigenvalue weighted by atomic mass is 35.5. The normalized spacial score (nSPS) is 15.0. The first-order chi connectivity index (χ1) is 15.1. The van der Waals surface area contributed by atoms with Gasteiger partial charge in [-0.2, -0.15) is 4.31 Å². The Kier molecular flexibility index (Phi) is 7.37. The first kappa shape index (κ1) is 24.4. The van der Waals surface area contributed by atoms with Gasteiger partial charge in [-0.1, -0.05) is 29.3 Å². The Morgan fingerprint density at radius 1 is 1.03 bits per heavy atom. The Hall–Kier alpha value is -2.29. The fraction of sp³-hybridized carbons (Fsp3) is 0.435. The highest BCUT2D eigenvalue weighted by Gasteiger charge is 2.32. The highest BCUT2D eigenvalue weighted by molar-refractivity contribution is 7.89. The molecule has 7 nitrogen and oxygen atoms in total. The van der Waals surface area contributed by atoms with E-state index < -0.39 is 10.0 Å². The van der Waals surface area contributed by atoms with Crippen LogP contribution < -0.4 is 9.47 Å². The lowest BCUT2D eigenvalue weighted by Crippen LogP contribution is -2.50. The van der Waals surface area contributed by atoms with E-state index in [-0.39, 0.29) is 32.1 Å². The molecule has 0 unspecified atom stereocenters. The number of benzene rings is 2. The molecule has 174 valence electrons. The van der Waals surface area contributed by atoms with E-state index in [9.17, 15) is 13.2 Å². The largest absolute Gasteiger partial charge is 0.493 e. The van der Waals surface area contributed by atoms with E-state index >= 15 is 0 Å². The van der Waals surface area contributed by atoms with Crippen LogP contribution in [-0.4, -0.2) is 63.4 Å². The third-order valence-electron chi connectivity index (χ3n) is 5.49. The van der Waals surface area contributed by atoms with Gasteiger partial charge in [-0.3, -0.25) is 4.79 Å². The van der Waals surface area contributed by atoms with Crippen LogP contribution in [0.4, 0.5) is 0 Å². The molecular weight excluding hydrogens is 452 g/mol. The molecule has 1 saturated heterocycles. The molecule has 32 heavy (non-hydrogen) atoms. The van der Waals surface area contributed by atoms with E-state index in [0.29, 0.717) is 33.6 Å². The third-order valence-corrected chi connectivity index (χ3v) is 7.98. The minimum atomic E-state index is -3.65. The summed E-state index contributed by atoms with van der Waals surface area (Å²) in [4.78, 5) is 15.0. The van der Waals surface area contributed by atoms with Crippen LogP contribution in [0.3, 0.4) is 0 Å². The van der Waals surface area contributed by atoms with Crippen LogP contribution >= 0.6 is 11.6 Å². The molecule has 0 atom stereocenters. The second-order valence-electron chi connectivity index (χ2n) is 7.85. The average molecular weight is 481 g/mol. The van der Waals surface area contributed by atoms with E-state index in [4.69, 9.17) is 21.1 Å². The summed E-state index contributed by atoms with van der Waals surface area (Å²) in [6, 6.07) is 6.91. The zero-order chi connectivity index (χ0) is 23.6. The van der Waals surface area contributed by atoms with Crippen LogP contribution in [0.2, 0.25) is 5.02 Å². The predicted octanol–water partition coefficient (Wildman–Crippen LogP) is 3.82. The lowest BCUT2D eigenvalue weighted by Gasteiger charge is -2.34. The first-order valence-electron chi connectivity index (χ1n) is 10.5. The number of aryl methyl sites for hydroxylation is 3. The van der Waals surface area contributed by atoms with Crippen LogP contribution in [-0.2, 0) is 10.0 Å². The summed E-state index contributed by atoms with van der Waals surface area (Å²) in [6.45, 7) is 8.85. The molecule has 0 N–H and O–H groups in total. The number of amides is 1. The van der Waals surface area contributed by atoms with E-state index in [1.807, 2.05) is 39.8 Å². The summed E-state index contributed by atoms with van der Waals surface area (Å²) in [7, 11) is -2.16. The summed E-state index contributed by atoms with van der Waals surface area (Å²) in [5, 5.41) is 0.293. The number of carbonyl (C=O) groups is 1. The van der Waals surface area contributed by atoms with E-state index in [1.54, 1.807) is 17.0 Å². The molecule has 0 spiro atoms. The van der Waals surface area contributed by atoms with Crippen molar-refractivity contribution in [3.63, 3.8) is 0 Å². The molecular formula is C23H29ClN2O5S. The van der Waals surface area contributed by atoms with Crippen LogP contribution in [0.25, 0.3) is 0 Å². The molecule has 1 heterocycles. The smallest absolute Gasteiger partial charge is 0.254 e. The molecule has 0 aromatic heterocycles. The molecule has 9 heteroatoms. The number of piperazine rings is 1. The van der Waals surface area contributed by atoms with Crippen LogP contribution in [0.1, 0.15) is 34.0 Å². The van der Waals surface area contributed by atoms with Crippen molar-refractivity contribution in [1.82, 2.24) is 9.21 Å². The molecule has 1 aliphatic rings. The van der Waals surface area contributed by atoms with Crippen molar-refractivity contribution in [3.05, 3.63) is 51.5 Å². The van der Waals surface area contributed by atoms with Crippen molar-refractivity contribution >= 4 is 27.5 Å². The monoisotopic (exact) mass is 480 g/mol. The quantitative estimate of drug-likeness (QED) is 0.628. The number of nitrogens with zero attached hydrogens (tertiary/aromatic N) is 2. The summed E-state index contributed by atoms with van der Waals surface area (Å²) in [5.41, 5.74) is 2.87. The number of halogens is 1. The molecule has 3 rings (SSSR count). The minimum absolute atomic E-state index is 0.225. The van der Waals surface area contributed by atoms with E-state index in [0.717, 1.165) is 16.7 Å². The molecule has 1 amide bonds. The predicted molar refractivity (Wildman–Crippen MR) is 124 cm³/mol. The average Bonchev–Trinajstić information content (AvgIpc) is 2.73. The molecule has 2 aromatic carbocycles. The number of ether oxygens (including phenoxy) is 2. The van der Waals surface area contributed by atoms with E-state index in [1.165, 1.54) is 11.4 Å². The van der Waals surface area contributed by atoms with Crippen LogP contribution in [0, 0.1) is 20.8 Å². The maximum atomic E-state index is 13.3. The Morgan fingerprint density at radius 3 is 2.16 bits per heavy atom. The molecule has 0 bridgehead atoms. The van der Waals surface area contributed by atoms with Gasteiger partial charge >= 0.3 is 0 Å². The fourth-order valence-electron chi connectivity index (χ4n) is 4.14. The SMILES string of the molecule is CCOc1c(Cl)cc(C(=O)N2CCN(S(=O)(=O)c3c(C)cc(C)cc3C)CC2)cc1OC. The third kappa shape index (κ3) is 4.72. The Bertz CT molecular complexity index is 1100. The van der Waals surface area contributed by atoms with Crippen molar-refractivity contribution in [3.8, 4) is 11.5 Å². The minimum Gasteiger partial charge on any atom is -0.493 e. The number of sulfonamides is 1. The summed E-state index contributed by atoms with van der Waals surface area (Å²) in [6.07, 6.45) is 0. The first-order valence-corrected chi connectivity index (χ1v) is 12.3. The molecule has 1 aliphatic heterocycles. The topological polar surface area (TPSA) is 76.2 Å². The van der Waals surface area contributed by atoms with Gasteiger partial charge in [0.2, 0.25) is 10.0 Å². The van der Waals surface area contributed by atoms with Crippen molar-refractivity contribution in [1.29, 1.82) is 0 Å². The highest BCUT2D eigenvalue weighted by Crippen LogP contribution is 2.37. The van der Waals surface area contributed by atoms with Crippen LogP contribution in [0.15, 0.2) is 29.2 Å². The lowest BCUT2D eigenvalue weighted by atomic mass is 10.1. The van der Waals surface area contributed by atoms with Gasteiger partial charge < -0.3 is 14.4 Å². The maximum Gasteiger partial charge on any atom is 0.254 e. The van der Waals surface area contributed by atoms with Crippen molar-refractivity contribution < 1.29 is 22.7 Å². The summed E-state index contributed by atoms with van der Waals surface area (Å²) < 4.78 is 38.9. The van der Waals surface area contributed by atoms with Gasteiger partial charge in [0, 0.05) is 31.7 Å². The number of carbonyl (C=O) groups excluding carboxylic acids is 1. The number of hydrogen-bond acceptors (Lipinski definition) is 5. The van der Waals surface area contributed by atoms with Crippen molar-refractivity contribution in [2.75, 3.05) is 39.9 Å². The van der Waals surface area contributed by atoms with Crippen molar-refractivity contribution in [2.24, 2.45) is 0 Å². The van der Waals surface area contributed by atoms with Gasteiger partial charge in [-0.25, -0.2) is 8.42 Å². The van der Waals surface area contributed by atoms with Gasteiger partial charge in [0.25, 0.3) is 5.91 Å². The van der Waals surface area contributed by atoms with Gasteiger partial charge in [0.05, 0.1) is 23.6 Å². The molecule has 0 radical (unpaired) electrons. The lowest BCUT2D eigenvalue weighted by molar-refractivity contribution is 0.0697. The molecule has 1 fully saturated rings. The van der Waals surface area contributed by atoms with Crippen LogP contribution in [0.5, 0.6) is 11.5 Å². The Balaban J connectivity index is 1.77. The van der Waals surface area contributed by atoms with Gasteiger partial charge in [0.1, 0.15) is 0 Å². The number of methoxy groups -OCH3 is 1.